The molecule has 0 saturated heterocycles. The number of hydrogen-bond acceptors (Lipinski definition) is 3. The molecule has 0 radical (unpaired) electrons. The van der Waals surface area contributed by atoms with E-state index in [0.29, 0.717) is 23.7 Å². The van der Waals surface area contributed by atoms with Gasteiger partial charge >= 0.3 is 6.03 Å². The molecule has 3 rings (SSSR count). The zero-order valence-corrected chi connectivity index (χ0v) is 14.6. The zero-order chi connectivity index (χ0) is 18.0. The molecular formula is C19H21N3O3. The van der Waals surface area contributed by atoms with Gasteiger partial charge in [-0.3, -0.25) is 9.69 Å². The fraction of sp³-hybridized carbons (Fsp3) is 0.263. The second kappa shape index (κ2) is 6.84. The predicted octanol–water partition coefficient (Wildman–Crippen LogP) is 3.56. The zero-order valence-electron chi connectivity index (χ0n) is 14.6. The van der Waals surface area contributed by atoms with E-state index in [1.165, 1.54) is 19.6 Å². The predicted molar refractivity (Wildman–Crippen MR) is 98.5 cm³/mol. The van der Waals surface area contributed by atoms with Crippen LogP contribution >= 0.6 is 0 Å². The Bertz CT molecular complexity index is 833. The SMILES string of the molecule is COc1ccc(NC(C)=O)cc1NC(=O)N1CCc2ccc(C)cc21. The van der Waals surface area contributed by atoms with E-state index in [4.69, 9.17) is 4.74 Å². The molecule has 6 nitrogen and oxygen atoms in total. The molecule has 1 heterocycles. The molecule has 6 heteroatoms. The first-order chi connectivity index (χ1) is 12.0. The number of ether oxygens (including phenoxy) is 1. The third-order valence-electron chi connectivity index (χ3n) is 4.14. The van der Waals surface area contributed by atoms with Gasteiger partial charge in [0.1, 0.15) is 5.75 Å². The van der Waals surface area contributed by atoms with Crippen molar-refractivity contribution < 1.29 is 14.3 Å². The average Bonchev–Trinajstić information content (AvgIpc) is 2.97. The van der Waals surface area contributed by atoms with E-state index in [2.05, 4.69) is 22.8 Å². The molecule has 0 bridgehead atoms. The minimum absolute atomic E-state index is 0.175. The lowest BCUT2D eigenvalue weighted by Crippen LogP contribution is -2.33. The number of methoxy groups -OCH3 is 1. The van der Waals surface area contributed by atoms with E-state index in [1.807, 2.05) is 13.0 Å². The van der Waals surface area contributed by atoms with Gasteiger partial charge in [-0.15, -0.1) is 0 Å². The lowest BCUT2D eigenvalue weighted by Gasteiger charge is -2.20. The van der Waals surface area contributed by atoms with Gasteiger partial charge in [0.25, 0.3) is 0 Å². The summed E-state index contributed by atoms with van der Waals surface area (Å²) in [7, 11) is 1.54. The topological polar surface area (TPSA) is 70.7 Å². The van der Waals surface area contributed by atoms with E-state index >= 15 is 0 Å². The molecule has 0 aliphatic carbocycles. The second-order valence-electron chi connectivity index (χ2n) is 6.06. The van der Waals surface area contributed by atoms with Gasteiger partial charge in [0, 0.05) is 24.8 Å². The lowest BCUT2D eigenvalue weighted by molar-refractivity contribution is -0.114. The van der Waals surface area contributed by atoms with Gasteiger partial charge in [0.05, 0.1) is 12.8 Å². The van der Waals surface area contributed by atoms with Crippen molar-refractivity contribution in [2.24, 2.45) is 0 Å². The van der Waals surface area contributed by atoms with E-state index < -0.39 is 0 Å². The van der Waals surface area contributed by atoms with Crippen LogP contribution in [0.25, 0.3) is 0 Å². The number of benzene rings is 2. The number of carbonyl (C=O) groups excluding carboxylic acids is 2. The third-order valence-corrected chi connectivity index (χ3v) is 4.14. The molecule has 0 aromatic heterocycles. The van der Waals surface area contributed by atoms with Crippen LogP contribution in [0.15, 0.2) is 36.4 Å². The van der Waals surface area contributed by atoms with Crippen molar-refractivity contribution in [1.29, 1.82) is 0 Å². The molecule has 0 atom stereocenters. The summed E-state index contributed by atoms with van der Waals surface area (Å²) in [5.74, 6) is 0.359. The number of hydrogen-bond donors (Lipinski definition) is 2. The molecule has 2 N–H and O–H groups in total. The minimum Gasteiger partial charge on any atom is -0.495 e. The van der Waals surface area contributed by atoms with Crippen LogP contribution in [0.4, 0.5) is 21.9 Å². The average molecular weight is 339 g/mol. The smallest absolute Gasteiger partial charge is 0.326 e. The van der Waals surface area contributed by atoms with Gasteiger partial charge in [0.15, 0.2) is 0 Å². The number of urea groups is 1. The molecule has 0 fully saturated rings. The molecular weight excluding hydrogens is 318 g/mol. The Morgan fingerprint density at radius 2 is 1.92 bits per heavy atom. The van der Waals surface area contributed by atoms with Crippen LogP contribution in [-0.4, -0.2) is 25.6 Å². The summed E-state index contributed by atoms with van der Waals surface area (Å²) < 4.78 is 5.31. The second-order valence-corrected chi connectivity index (χ2v) is 6.06. The number of anilines is 3. The molecule has 1 aliphatic heterocycles. The Morgan fingerprint density at radius 3 is 2.64 bits per heavy atom. The monoisotopic (exact) mass is 339 g/mol. The quantitative estimate of drug-likeness (QED) is 0.898. The van der Waals surface area contributed by atoms with Crippen LogP contribution in [-0.2, 0) is 11.2 Å². The Labute approximate surface area is 146 Å². The van der Waals surface area contributed by atoms with Crippen LogP contribution in [0, 0.1) is 6.92 Å². The highest BCUT2D eigenvalue weighted by molar-refractivity contribution is 6.04. The molecule has 130 valence electrons. The van der Waals surface area contributed by atoms with Gasteiger partial charge in [-0.05, 0) is 48.7 Å². The van der Waals surface area contributed by atoms with Crippen molar-refractivity contribution in [3.63, 3.8) is 0 Å². The fourth-order valence-electron chi connectivity index (χ4n) is 2.97. The molecule has 0 spiro atoms. The summed E-state index contributed by atoms with van der Waals surface area (Å²) in [5.41, 5.74) is 4.33. The molecule has 2 aromatic carbocycles. The molecule has 3 amide bonds. The molecule has 25 heavy (non-hydrogen) atoms. The van der Waals surface area contributed by atoms with E-state index in [9.17, 15) is 9.59 Å². The third kappa shape index (κ3) is 3.57. The van der Waals surface area contributed by atoms with Crippen LogP contribution in [0.2, 0.25) is 0 Å². The standard InChI is InChI=1S/C19H21N3O3/c1-12-4-5-14-8-9-22(17(14)10-12)19(24)21-16-11-15(20-13(2)23)6-7-18(16)25-3/h4-7,10-11H,8-9H2,1-3H3,(H,20,23)(H,21,24). The molecule has 0 unspecified atom stereocenters. The first kappa shape index (κ1) is 16.8. The highest BCUT2D eigenvalue weighted by atomic mass is 16.5. The summed E-state index contributed by atoms with van der Waals surface area (Å²) in [6, 6.07) is 11.0. The van der Waals surface area contributed by atoms with Crippen molar-refractivity contribution in [3.8, 4) is 5.75 Å². The molecule has 2 aromatic rings. The Hall–Kier alpha value is -3.02. The highest BCUT2D eigenvalue weighted by Gasteiger charge is 2.25. The number of amides is 3. The van der Waals surface area contributed by atoms with Crippen molar-refractivity contribution in [2.75, 3.05) is 29.2 Å². The van der Waals surface area contributed by atoms with Crippen LogP contribution < -0.4 is 20.3 Å². The summed E-state index contributed by atoms with van der Waals surface area (Å²) in [6.45, 7) is 4.08. The van der Waals surface area contributed by atoms with Gasteiger partial charge in [-0.2, -0.15) is 0 Å². The van der Waals surface area contributed by atoms with Gasteiger partial charge in [-0.25, -0.2) is 4.79 Å². The largest absolute Gasteiger partial charge is 0.495 e. The summed E-state index contributed by atoms with van der Waals surface area (Å²) in [4.78, 5) is 25.7. The maximum absolute atomic E-state index is 12.8. The maximum atomic E-state index is 12.8. The van der Waals surface area contributed by atoms with Gasteiger partial charge in [0.2, 0.25) is 5.91 Å². The number of rotatable bonds is 3. The van der Waals surface area contributed by atoms with E-state index in [0.717, 1.165) is 17.7 Å². The maximum Gasteiger partial charge on any atom is 0.326 e. The fourth-order valence-corrected chi connectivity index (χ4v) is 2.97. The number of nitrogens with zero attached hydrogens (tertiary/aromatic N) is 1. The van der Waals surface area contributed by atoms with Crippen LogP contribution in [0.3, 0.4) is 0 Å². The summed E-state index contributed by atoms with van der Waals surface area (Å²) in [6.07, 6.45) is 0.839. The van der Waals surface area contributed by atoms with Crippen molar-refractivity contribution in [1.82, 2.24) is 0 Å². The highest BCUT2D eigenvalue weighted by Crippen LogP contribution is 2.32. The van der Waals surface area contributed by atoms with Crippen molar-refractivity contribution >= 4 is 29.0 Å². The van der Waals surface area contributed by atoms with Gasteiger partial charge < -0.3 is 15.4 Å². The minimum atomic E-state index is -0.220. The lowest BCUT2D eigenvalue weighted by atomic mass is 10.1. The van der Waals surface area contributed by atoms with Crippen molar-refractivity contribution in [3.05, 3.63) is 47.5 Å². The molecule has 0 saturated carbocycles. The Balaban J connectivity index is 1.84. The van der Waals surface area contributed by atoms with Crippen molar-refractivity contribution in [2.45, 2.75) is 20.3 Å². The number of fused-ring (bicyclic) bond motifs is 1. The van der Waals surface area contributed by atoms with E-state index in [1.54, 1.807) is 23.1 Å². The Morgan fingerprint density at radius 1 is 1.12 bits per heavy atom. The Kier molecular flexibility index (Phi) is 4.61. The van der Waals surface area contributed by atoms with Crippen LogP contribution in [0.5, 0.6) is 5.75 Å². The number of aryl methyl sites for hydroxylation is 1. The van der Waals surface area contributed by atoms with E-state index in [-0.39, 0.29) is 11.9 Å². The molecule has 1 aliphatic rings. The summed E-state index contributed by atoms with van der Waals surface area (Å²) >= 11 is 0. The van der Waals surface area contributed by atoms with Crippen LogP contribution in [0.1, 0.15) is 18.1 Å². The first-order valence-corrected chi connectivity index (χ1v) is 8.11. The summed E-state index contributed by atoms with van der Waals surface area (Å²) in [5, 5.41) is 5.59. The first-order valence-electron chi connectivity index (χ1n) is 8.11. The normalized spacial score (nSPS) is 12.5. The van der Waals surface area contributed by atoms with Gasteiger partial charge in [-0.1, -0.05) is 12.1 Å². The number of nitrogens with one attached hydrogen (secondary N) is 2. The number of carbonyl (C=O) groups is 2.